The summed E-state index contributed by atoms with van der Waals surface area (Å²) in [6, 6.07) is 0. The van der Waals surface area contributed by atoms with Crippen molar-refractivity contribution >= 4 is 0 Å². The summed E-state index contributed by atoms with van der Waals surface area (Å²) >= 11 is 0. The van der Waals surface area contributed by atoms with Gasteiger partial charge in [0.2, 0.25) is 0 Å². The molecule has 1 aliphatic carbocycles. The molecule has 0 radical (unpaired) electrons. The minimum absolute atomic E-state index is 0.141. The molecule has 0 saturated heterocycles. The lowest BCUT2D eigenvalue weighted by Crippen LogP contribution is -2.25. The third-order valence-electron chi connectivity index (χ3n) is 2.88. The highest BCUT2D eigenvalue weighted by Crippen LogP contribution is 2.34. The van der Waals surface area contributed by atoms with Gasteiger partial charge < -0.3 is 10.8 Å². The van der Waals surface area contributed by atoms with Crippen LogP contribution in [0.4, 0.5) is 0 Å². The molecule has 0 bridgehead atoms. The van der Waals surface area contributed by atoms with Crippen LogP contribution in [0.25, 0.3) is 0 Å². The third-order valence-corrected chi connectivity index (χ3v) is 2.88. The molecule has 0 heterocycles. The number of aliphatic hydroxyl groups is 1. The van der Waals surface area contributed by atoms with Crippen molar-refractivity contribution in [2.75, 3.05) is 6.54 Å². The molecule has 1 saturated carbocycles. The second-order valence-corrected chi connectivity index (χ2v) is 3.72. The van der Waals surface area contributed by atoms with Gasteiger partial charge in [-0.1, -0.05) is 19.8 Å². The summed E-state index contributed by atoms with van der Waals surface area (Å²) < 4.78 is 0. The van der Waals surface area contributed by atoms with Gasteiger partial charge in [-0.3, -0.25) is 0 Å². The lowest BCUT2D eigenvalue weighted by Gasteiger charge is -2.21. The van der Waals surface area contributed by atoms with Crippen LogP contribution in [0.15, 0.2) is 0 Å². The Labute approximate surface area is 68.8 Å². The fourth-order valence-corrected chi connectivity index (χ4v) is 2.13. The Kier molecular flexibility index (Phi) is 3.34. The van der Waals surface area contributed by atoms with Crippen molar-refractivity contribution in [3.63, 3.8) is 0 Å². The molecule has 1 fully saturated rings. The first kappa shape index (κ1) is 9.01. The van der Waals surface area contributed by atoms with Crippen molar-refractivity contribution in [2.45, 2.75) is 38.7 Å². The van der Waals surface area contributed by atoms with Crippen LogP contribution in [0.1, 0.15) is 32.6 Å². The molecule has 0 aromatic heterocycles. The largest absolute Gasteiger partial charge is 0.393 e. The topological polar surface area (TPSA) is 46.2 Å². The predicted molar refractivity (Wildman–Crippen MR) is 46.2 cm³/mol. The van der Waals surface area contributed by atoms with E-state index in [0.717, 1.165) is 6.42 Å². The van der Waals surface area contributed by atoms with Crippen molar-refractivity contribution in [1.82, 2.24) is 0 Å². The van der Waals surface area contributed by atoms with Gasteiger partial charge in [0.15, 0.2) is 0 Å². The van der Waals surface area contributed by atoms with Crippen LogP contribution in [0.3, 0.4) is 0 Å². The Morgan fingerprint density at radius 1 is 1.55 bits per heavy atom. The molecule has 11 heavy (non-hydrogen) atoms. The second kappa shape index (κ2) is 4.07. The Bertz CT molecular complexity index is 116. The maximum atomic E-state index is 9.64. The summed E-state index contributed by atoms with van der Waals surface area (Å²) in [5.74, 6) is 1.23. The fourth-order valence-electron chi connectivity index (χ4n) is 2.13. The van der Waals surface area contributed by atoms with E-state index in [-0.39, 0.29) is 6.10 Å². The van der Waals surface area contributed by atoms with Crippen molar-refractivity contribution < 1.29 is 5.11 Å². The van der Waals surface area contributed by atoms with E-state index in [4.69, 9.17) is 5.73 Å². The molecule has 1 rings (SSSR count). The molecule has 0 amide bonds. The fraction of sp³-hybridized carbons (Fsp3) is 1.00. The first-order valence-corrected chi connectivity index (χ1v) is 4.64. The average Bonchev–Trinajstić information content (AvgIpc) is 2.36. The van der Waals surface area contributed by atoms with Gasteiger partial charge in [0.05, 0.1) is 6.10 Å². The van der Waals surface area contributed by atoms with Crippen LogP contribution < -0.4 is 5.73 Å². The van der Waals surface area contributed by atoms with Gasteiger partial charge in [0.25, 0.3) is 0 Å². The molecule has 1 aliphatic rings. The summed E-state index contributed by atoms with van der Waals surface area (Å²) in [6.07, 6.45) is 4.40. The van der Waals surface area contributed by atoms with Crippen LogP contribution in [0.5, 0.6) is 0 Å². The van der Waals surface area contributed by atoms with Crippen LogP contribution in [0, 0.1) is 11.8 Å². The second-order valence-electron chi connectivity index (χ2n) is 3.72. The Morgan fingerprint density at radius 2 is 2.27 bits per heavy atom. The molecule has 0 aliphatic heterocycles. The summed E-state index contributed by atoms with van der Waals surface area (Å²) in [6.45, 7) is 2.85. The zero-order valence-electron chi connectivity index (χ0n) is 7.29. The maximum absolute atomic E-state index is 9.64. The first-order valence-electron chi connectivity index (χ1n) is 4.64. The summed E-state index contributed by atoms with van der Waals surface area (Å²) in [4.78, 5) is 0. The van der Waals surface area contributed by atoms with Gasteiger partial charge in [-0.05, 0) is 31.2 Å². The van der Waals surface area contributed by atoms with Gasteiger partial charge in [-0.25, -0.2) is 0 Å². The van der Waals surface area contributed by atoms with E-state index in [9.17, 15) is 5.11 Å². The number of rotatable bonds is 3. The highest BCUT2D eigenvalue weighted by atomic mass is 16.3. The molecule has 2 heteroatoms. The van der Waals surface area contributed by atoms with Crippen molar-refractivity contribution in [2.24, 2.45) is 17.6 Å². The zero-order valence-corrected chi connectivity index (χ0v) is 7.29. The number of hydrogen-bond acceptors (Lipinski definition) is 2. The van der Waals surface area contributed by atoms with E-state index in [1.807, 2.05) is 0 Å². The summed E-state index contributed by atoms with van der Waals surface area (Å²) in [5, 5.41) is 9.64. The molecule has 3 unspecified atom stereocenters. The molecule has 0 aromatic rings. The highest BCUT2D eigenvalue weighted by Gasteiger charge is 2.28. The monoisotopic (exact) mass is 157 g/mol. The Balaban J connectivity index is 2.33. The minimum Gasteiger partial charge on any atom is -0.393 e. The Hall–Kier alpha value is -0.0800. The highest BCUT2D eigenvalue weighted by molar-refractivity contribution is 4.80. The predicted octanol–water partition coefficient (Wildman–Crippen LogP) is 1.13. The van der Waals surface area contributed by atoms with E-state index in [0.29, 0.717) is 18.4 Å². The van der Waals surface area contributed by atoms with Crippen LogP contribution >= 0.6 is 0 Å². The van der Waals surface area contributed by atoms with Gasteiger partial charge in [-0.2, -0.15) is 0 Å². The lowest BCUT2D eigenvalue weighted by molar-refractivity contribution is 0.0842. The van der Waals surface area contributed by atoms with Gasteiger partial charge in [0, 0.05) is 0 Å². The molecule has 3 atom stereocenters. The molecule has 0 spiro atoms. The SMILES string of the molecule is CC1CCCC1C(O)CCN. The van der Waals surface area contributed by atoms with Crippen molar-refractivity contribution in [1.29, 1.82) is 0 Å². The maximum Gasteiger partial charge on any atom is 0.0583 e. The summed E-state index contributed by atoms with van der Waals surface area (Å²) in [7, 11) is 0. The first-order chi connectivity index (χ1) is 5.25. The minimum atomic E-state index is -0.141. The van der Waals surface area contributed by atoms with Crippen LogP contribution in [0.2, 0.25) is 0 Å². The Morgan fingerprint density at radius 3 is 2.73 bits per heavy atom. The molecule has 2 nitrogen and oxygen atoms in total. The average molecular weight is 157 g/mol. The van der Waals surface area contributed by atoms with E-state index in [2.05, 4.69) is 6.92 Å². The zero-order chi connectivity index (χ0) is 8.27. The molecular formula is C9H19NO. The van der Waals surface area contributed by atoms with E-state index >= 15 is 0 Å². The van der Waals surface area contributed by atoms with Crippen LogP contribution in [-0.2, 0) is 0 Å². The van der Waals surface area contributed by atoms with Gasteiger partial charge >= 0.3 is 0 Å². The molecular weight excluding hydrogens is 138 g/mol. The molecule has 0 aromatic carbocycles. The van der Waals surface area contributed by atoms with Gasteiger partial charge in [0.1, 0.15) is 0 Å². The lowest BCUT2D eigenvalue weighted by atomic mass is 9.90. The van der Waals surface area contributed by atoms with E-state index < -0.39 is 0 Å². The van der Waals surface area contributed by atoms with Crippen molar-refractivity contribution in [3.05, 3.63) is 0 Å². The van der Waals surface area contributed by atoms with Crippen molar-refractivity contribution in [3.8, 4) is 0 Å². The van der Waals surface area contributed by atoms with Crippen LogP contribution in [-0.4, -0.2) is 17.8 Å². The summed E-state index contributed by atoms with van der Waals surface area (Å²) in [5.41, 5.74) is 5.38. The van der Waals surface area contributed by atoms with E-state index in [1.165, 1.54) is 19.3 Å². The van der Waals surface area contributed by atoms with Gasteiger partial charge in [-0.15, -0.1) is 0 Å². The number of aliphatic hydroxyl groups excluding tert-OH is 1. The van der Waals surface area contributed by atoms with E-state index in [1.54, 1.807) is 0 Å². The smallest absolute Gasteiger partial charge is 0.0583 e. The normalized spacial score (nSPS) is 34.1. The third kappa shape index (κ3) is 2.17. The quantitative estimate of drug-likeness (QED) is 0.645. The number of hydrogen-bond donors (Lipinski definition) is 2. The molecule has 3 N–H and O–H groups in total. The molecule has 66 valence electrons. The standard InChI is InChI=1S/C9H19NO/c1-7-3-2-4-8(7)9(11)5-6-10/h7-9,11H,2-6,10H2,1H3. The number of nitrogens with two attached hydrogens (primary N) is 1.